The van der Waals surface area contributed by atoms with E-state index >= 15 is 0 Å². The van der Waals surface area contributed by atoms with Crippen molar-refractivity contribution >= 4 is 11.8 Å². The van der Waals surface area contributed by atoms with E-state index in [0.717, 1.165) is 16.9 Å². The highest BCUT2D eigenvalue weighted by Gasteiger charge is 2.26. The predicted molar refractivity (Wildman–Crippen MR) is 116 cm³/mol. The standard InChI is InChI=1S/C24H32N2O3/c1-17(2)25-24(28)19(4)26(16-21-7-6-8-22(15-21)29-5)23(27)14-13-20-11-9-18(3)10-12-20/h6-12,15,17,19H,13-14,16H2,1-5H3,(H,25,28)/t19-/m0/s1. The molecule has 0 aliphatic heterocycles. The lowest BCUT2D eigenvalue weighted by molar-refractivity contribution is -0.140. The van der Waals surface area contributed by atoms with Gasteiger partial charge in [-0.25, -0.2) is 0 Å². The van der Waals surface area contributed by atoms with Crippen molar-refractivity contribution in [1.82, 2.24) is 10.2 Å². The lowest BCUT2D eigenvalue weighted by Crippen LogP contribution is -2.49. The molecule has 0 aliphatic rings. The molecule has 0 aromatic heterocycles. The van der Waals surface area contributed by atoms with Crippen LogP contribution in [0.15, 0.2) is 48.5 Å². The van der Waals surface area contributed by atoms with Crippen LogP contribution in [0, 0.1) is 6.92 Å². The molecule has 5 nitrogen and oxygen atoms in total. The first-order chi connectivity index (χ1) is 13.8. The van der Waals surface area contributed by atoms with Crippen LogP contribution in [0.4, 0.5) is 0 Å². The van der Waals surface area contributed by atoms with Crippen LogP contribution in [0.5, 0.6) is 5.75 Å². The topological polar surface area (TPSA) is 58.6 Å². The fourth-order valence-corrected chi connectivity index (χ4v) is 3.10. The average Bonchev–Trinajstić information content (AvgIpc) is 2.70. The Kier molecular flexibility index (Phi) is 8.25. The highest BCUT2D eigenvalue weighted by molar-refractivity contribution is 5.87. The van der Waals surface area contributed by atoms with Crippen molar-refractivity contribution in [3.63, 3.8) is 0 Å². The van der Waals surface area contributed by atoms with Crippen molar-refractivity contribution in [2.24, 2.45) is 0 Å². The van der Waals surface area contributed by atoms with Crippen LogP contribution in [0.3, 0.4) is 0 Å². The molecular formula is C24H32N2O3. The molecule has 1 atom stereocenters. The minimum atomic E-state index is -0.561. The molecule has 29 heavy (non-hydrogen) atoms. The minimum Gasteiger partial charge on any atom is -0.497 e. The Morgan fingerprint density at radius 1 is 1.03 bits per heavy atom. The van der Waals surface area contributed by atoms with E-state index in [1.54, 1.807) is 18.9 Å². The normalized spacial score (nSPS) is 11.8. The summed E-state index contributed by atoms with van der Waals surface area (Å²) >= 11 is 0. The van der Waals surface area contributed by atoms with E-state index < -0.39 is 6.04 Å². The predicted octanol–water partition coefficient (Wildman–Crippen LogP) is 3.88. The van der Waals surface area contributed by atoms with Crippen molar-refractivity contribution in [1.29, 1.82) is 0 Å². The maximum absolute atomic E-state index is 13.1. The van der Waals surface area contributed by atoms with Crippen molar-refractivity contribution < 1.29 is 14.3 Å². The number of amides is 2. The molecule has 0 saturated carbocycles. The van der Waals surface area contributed by atoms with Gasteiger partial charge in [-0.2, -0.15) is 0 Å². The number of benzene rings is 2. The highest BCUT2D eigenvalue weighted by atomic mass is 16.5. The highest BCUT2D eigenvalue weighted by Crippen LogP contribution is 2.17. The number of rotatable bonds is 9. The quantitative estimate of drug-likeness (QED) is 0.700. The summed E-state index contributed by atoms with van der Waals surface area (Å²) in [5, 5.41) is 2.91. The summed E-state index contributed by atoms with van der Waals surface area (Å²) in [5.41, 5.74) is 3.24. The zero-order chi connectivity index (χ0) is 21.4. The van der Waals surface area contributed by atoms with Crippen molar-refractivity contribution in [3.05, 3.63) is 65.2 Å². The van der Waals surface area contributed by atoms with Gasteiger partial charge in [-0.1, -0.05) is 42.0 Å². The Balaban J connectivity index is 2.16. The molecule has 0 spiro atoms. The molecule has 0 radical (unpaired) electrons. The van der Waals surface area contributed by atoms with Crippen LogP contribution in [-0.2, 0) is 22.6 Å². The summed E-state index contributed by atoms with van der Waals surface area (Å²) in [4.78, 5) is 27.3. The van der Waals surface area contributed by atoms with Crippen LogP contribution in [0.25, 0.3) is 0 Å². The Morgan fingerprint density at radius 2 is 1.72 bits per heavy atom. The Hall–Kier alpha value is -2.82. The van der Waals surface area contributed by atoms with E-state index in [4.69, 9.17) is 4.74 Å². The van der Waals surface area contributed by atoms with Gasteiger partial charge in [-0.15, -0.1) is 0 Å². The fourth-order valence-electron chi connectivity index (χ4n) is 3.10. The van der Waals surface area contributed by atoms with Gasteiger partial charge in [0.1, 0.15) is 11.8 Å². The number of nitrogens with one attached hydrogen (secondary N) is 1. The third-order valence-corrected chi connectivity index (χ3v) is 4.83. The summed E-state index contributed by atoms with van der Waals surface area (Å²) in [7, 11) is 1.61. The number of aryl methyl sites for hydroxylation is 2. The van der Waals surface area contributed by atoms with E-state index in [1.807, 2.05) is 69.3 Å². The Labute approximate surface area is 174 Å². The van der Waals surface area contributed by atoms with Gasteiger partial charge in [-0.3, -0.25) is 9.59 Å². The Morgan fingerprint density at radius 3 is 2.34 bits per heavy atom. The number of carbonyl (C=O) groups is 2. The second kappa shape index (κ2) is 10.6. The largest absolute Gasteiger partial charge is 0.497 e. The van der Waals surface area contributed by atoms with Crippen molar-refractivity contribution in [2.45, 2.75) is 59.2 Å². The van der Waals surface area contributed by atoms with Gasteiger partial charge in [-0.05, 0) is 57.4 Å². The average molecular weight is 397 g/mol. The molecule has 0 bridgehead atoms. The first kappa shape index (κ1) is 22.5. The zero-order valence-electron chi connectivity index (χ0n) is 18.1. The van der Waals surface area contributed by atoms with Crippen LogP contribution >= 0.6 is 0 Å². The molecule has 2 aromatic carbocycles. The van der Waals surface area contributed by atoms with Crippen LogP contribution < -0.4 is 10.1 Å². The summed E-state index contributed by atoms with van der Waals surface area (Å²) in [5.74, 6) is 0.542. The zero-order valence-corrected chi connectivity index (χ0v) is 18.1. The summed E-state index contributed by atoms with van der Waals surface area (Å²) < 4.78 is 5.29. The third kappa shape index (κ3) is 6.93. The van der Waals surface area contributed by atoms with Gasteiger partial charge in [0.25, 0.3) is 0 Å². The molecule has 0 fully saturated rings. The molecule has 1 N–H and O–H groups in total. The second-order valence-electron chi connectivity index (χ2n) is 7.70. The molecule has 2 aromatic rings. The number of methoxy groups -OCH3 is 1. The Bertz CT molecular complexity index is 815. The number of hydrogen-bond acceptors (Lipinski definition) is 3. The third-order valence-electron chi connectivity index (χ3n) is 4.83. The first-order valence-electron chi connectivity index (χ1n) is 10.1. The van der Waals surface area contributed by atoms with E-state index in [0.29, 0.717) is 19.4 Å². The van der Waals surface area contributed by atoms with Crippen molar-refractivity contribution in [3.8, 4) is 5.75 Å². The van der Waals surface area contributed by atoms with Gasteiger partial charge in [0.05, 0.1) is 7.11 Å². The summed E-state index contributed by atoms with van der Waals surface area (Å²) in [6, 6.07) is 15.2. The molecule has 0 aliphatic carbocycles. The molecular weight excluding hydrogens is 364 g/mol. The fraction of sp³-hybridized carbons (Fsp3) is 0.417. The van der Waals surface area contributed by atoms with Crippen LogP contribution in [-0.4, -0.2) is 35.9 Å². The molecule has 0 unspecified atom stereocenters. The van der Waals surface area contributed by atoms with Crippen LogP contribution in [0.2, 0.25) is 0 Å². The SMILES string of the molecule is COc1cccc(CN(C(=O)CCc2ccc(C)cc2)[C@@H](C)C(=O)NC(C)C)c1. The van der Waals surface area contributed by atoms with E-state index in [9.17, 15) is 9.59 Å². The van der Waals surface area contributed by atoms with Gasteiger partial charge in [0, 0.05) is 19.0 Å². The number of nitrogens with zero attached hydrogens (tertiary/aromatic N) is 1. The molecule has 0 saturated heterocycles. The van der Waals surface area contributed by atoms with Crippen LogP contribution in [0.1, 0.15) is 43.9 Å². The monoisotopic (exact) mass is 396 g/mol. The maximum atomic E-state index is 13.1. The molecule has 2 rings (SSSR count). The van der Waals surface area contributed by atoms with Gasteiger partial charge < -0.3 is 15.0 Å². The maximum Gasteiger partial charge on any atom is 0.242 e. The smallest absolute Gasteiger partial charge is 0.242 e. The molecule has 156 valence electrons. The number of carbonyl (C=O) groups excluding carboxylic acids is 2. The molecule has 2 amide bonds. The van der Waals surface area contributed by atoms with E-state index in [1.165, 1.54) is 5.56 Å². The number of ether oxygens (including phenoxy) is 1. The summed E-state index contributed by atoms with van der Waals surface area (Å²) in [6.45, 7) is 8.00. The first-order valence-corrected chi connectivity index (χ1v) is 10.1. The lowest BCUT2D eigenvalue weighted by Gasteiger charge is -2.29. The molecule has 0 heterocycles. The number of hydrogen-bond donors (Lipinski definition) is 1. The van der Waals surface area contributed by atoms with Gasteiger partial charge in [0.15, 0.2) is 0 Å². The summed E-state index contributed by atoms with van der Waals surface area (Å²) in [6.07, 6.45) is 0.999. The second-order valence-corrected chi connectivity index (χ2v) is 7.70. The van der Waals surface area contributed by atoms with Gasteiger partial charge >= 0.3 is 0 Å². The minimum absolute atomic E-state index is 0.0197. The van der Waals surface area contributed by atoms with E-state index in [2.05, 4.69) is 5.32 Å². The van der Waals surface area contributed by atoms with Crippen molar-refractivity contribution in [2.75, 3.05) is 7.11 Å². The van der Waals surface area contributed by atoms with Gasteiger partial charge in [0.2, 0.25) is 11.8 Å². The lowest BCUT2D eigenvalue weighted by atomic mass is 10.1. The molecule has 5 heteroatoms. The van der Waals surface area contributed by atoms with E-state index in [-0.39, 0.29) is 17.9 Å².